The Labute approximate surface area is 302 Å². The van der Waals surface area contributed by atoms with Crippen molar-refractivity contribution in [1.29, 1.82) is 0 Å². The van der Waals surface area contributed by atoms with Gasteiger partial charge >= 0.3 is 0 Å². The van der Waals surface area contributed by atoms with Crippen LogP contribution in [-0.2, 0) is 0 Å². The zero-order valence-corrected chi connectivity index (χ0v) is 28.8. The monoisotopic (exact) mass is 679 g/mol. The fraction of sp³-hybridized carbons (Fsp3) is 0. The van der Waals surface area contributed by atoms with Crippen LogP contribution in [0.4, 0.5) is 0 Å². The van der Waals surface area contributed by atoms with Gasteiger partial charge in [0.05, 0.1) is 33.1 Å². The zero-order valence-electron chi connectivity index (χ0n) is 28.0. The van der Waals surface area contributed by atoms with Gasteiger partial charge in [0.1, 0.15) is 0 Å². The number of thiophene rings is 1. The summed E-state index contributed by atoms with van der Waals surface area (Å²) >= 11 is 1.89. The molecule has 4 aromatic heterocycles. The highest BCUT2D eigenvalue weighted by Crippen LogP contribution is 2.45. The van der Waals surface area contributed by atoms with Gasteiger partial charge in [0.15, 0.2) is 0 Å². The Hall–Kier alpha value is -6.62. The molecule has 0 spiro atoms. The van der Waals surface area contributed by atoms with Crippen LogP contribution in [0.2, 0.25) is 0 Å². The molecular formula is C48H29N3S. The van der Waals surface area contributed by atoms with E-state index in [0.29, 0.717) is 0 Å². The summed E-state index contributed by atoms with van der Waals surface area (Å²) in [5, 5.41) is 10.3. The standard InChI is InChI=1S/C48H29N3S/c1-2-12-30(13-3-1)49-43-24-22-31(50-39-18-8-4-14-33(39)34-15-5-9-19-40(34)50)28-37(43)47-44(49)25-27-46-48(47)38-29-32(23-26-45(38)52-46)51-41-20-10-6-16-35(41)36-17-7-11-21-42(36)51/h1-29H. The van der Waals surface area contributed by atoms with Crippen LogP contribution in [0.15, 0.2) is 176 Å². The average molecular weight is 680 g/mol. The van der Waals surface area contributed by atoms with Gasteiger partial charge in [-0.1, -0.05) is 91.0 Å². The predicted molar refractivity (Wildman–Crippen MR) is 222 cm³/mol. The number of hydrogen-bond donors (Lipinski definition) is 0. The Morgan fingerprint density at radius 1 is 0.269 bits per heavy atom. The summed E-state index contributed by atoms with van der Waals surface area (Å²) in [7, 11) is 0. The summed E-state index contributed by atoms with van der Waals surface area (Å²) in [6.45, 7) is 0. The summed E-state index contributed by atoms with van der Waals surface area (Å²) in [6.07, 6.45) is 0. The second-order valence-corrected chi connectivity index (χ2v) is 14.8. The van der Waals surface area contributed by atoms with Crippen molar-refractivity contribution in [2.75, 3.05) is 0 Å². The van der Waals surface area contributed by atoms with Gasteiger partial charge in [-0.2, -0.15) is 0 Å². The molecule has 0 aliphatic carbocycles. The topological polar surface area (TPSA) is 14.8 Å². The van der Waals surface area contributed by atoms with Crippen LogP contribution in [-0.4, -0.2) is 13.7 Å². The third kappa shape index (κ3) is 3.74. The fourth-order valence-corrected chi connectivity index (χ4v) is 9.98. The van der Waals surface area contributed by atoms with Crippen LogP contribution in [0, 0.1) is 0 Å². The molecule has 0 aliphatic heterocycles. The zero-order chi connectivity index (χ0) is 33.9. The summed E-state index contributed by atoms with van der Waals surface area (Å²) in [5.41, 5.74) is 10.8. The summed E-state index contributed by atoms with van der Waals surface area (Å²) in [5.74, 6) is 0. The molecule has 0 atom stereocenters. The molecule has 0 fully saturated rings. The summed E-state index contributed by atoms with van der Waals surface area (Å²) in [4.78, 5) is 0. The first-order chi connectivity index (χ1) is 25.8. The van der Waals surface area contributed by atoms with E-state index >= 15 is 0 Å². The van der Waals surface area contributed by atoms with Crippen LogP contribution in [0.25, 0.3) is 103 Å². The van der Waals surface area contributed by atoms with Crippen molar-refractivity contribution in [3.63, 3.8) is 0 Å². The molecule has 0 saturated heterocycles. The van der Waals surface area contributed by atoms with E-state index in [1.807, 2.05) is 11.3 Å². The normalized spacial score (nSPS) is 12.2. The Morgan fingerprint density at radius 2 is 0.692 bits per heavy atom. The maximum absolute atomic E-state index is 2.44. The van der Waals surface area contributed by atoms with Crippen molar-refractivity contribution >= 4 is 96.9 Å². The fourth-order valence-electron chi connectivity index (χ4n) is 8.89. The molecule has 0 radical (unpaired) electrons. The lowest BCUT2D eigenvalue weighted by Gasteiger charge is -2.10. The number of aromatic nitrogens is 3. The third-order valence-electron chi connectivity index (χ3n) is 11.0. The Morgan fingerprint density at radius 3 is 1.27 bits per heavy atom. The summed E-state index contributed by atoms with van der Waals surface area (Å²) in [6, 6.07) is 64.6. The van der Waals surface area contributed by atoms with Crippen molar-refractivity contribution < 1.29 is 0 Å². The van der Waals surface area contributed by atoms with E-state index < -0.39 is 0 Å². The molecule has 12 rings (SSSR count). The minimum absolute atomic E-state index is 1.16. The highest BCUT2D eigenvalue weighted by atomic mass is 32.1. The van der Waals surface area contributed by atoms with Gasteiger partial charge in [-0.3, -0.25) is 0 Å². The first kappa shape index (κ1) is 28.1. The van der Waals surface area contributed by atoms with Crippen molar-refractivity contribution in [3.05, 3.63) is 176 Å². The molecule has 8 aromatic carbocycles. The van der Waals surface area contributed by atoms with Crippen LogP contribution in [0.3, 0.4) is 0 Å². The molecule has 0 saturated carbocycles. The minimum Gasteiger partial charge on any atom is -0.309 e. The van der Waals surface area contributed by atoms with Gasteiger partial charge in [-0.05, 0) is 84.9 Å². The van der Waals surface area contributed by atoms with Crippen molar-refractivity contribution in [1.82, 2.24) is 13.7 Å². The number of nitrogens with zero attached hydrogens (tertiary/aromatic N) is 3. The van der Waals surface area contributed by atoms with E-state index in [-0.39, 0.29) is 0 Å². The molecular weight excluding hydrogens is 651 g/mol. The second kappa shape index (κ2) is 10.5. The quantitative estimate of drug-likeness (QED) is 0.177. The van der Waals surface area contributed by atoms with Gasteiger partial charge in [-0.15, -0.1) is 11.3 Å². The second-order valence-electron chi connectivity index (χ2n) is 13.7. The lowest BCUT2D eigenvalue weighted by atomic mass is 10.0. The van der Waals surface area contributed by atoms with Crippen molar-refractivity contribution in [3.8, 4) is 17.1 Å². The number of rotatable bonds is 3. The van der Waals surface area contributed by atoms with E-state index in [1.165, 1.54) is 97.0 Å². The molecule has 0 amide bonds. The minimum atomic E-state index is 1.16. The van der Waals surface area contributed by atoms with E-state index in [4.69, 9.17) is 0 Å². The molecule has 12 aromatic rings. The third-order valence-corrected chi connectivity index (χ3v) is 12.2. The molecule has 0 aliphatic rings. The van der Waals surface area contributed by atoms with Crippen LogP contribution >= 0.6 is 11.3 Å². The van der Waals surface area contributed by atoms with Gasteiger partial charge in [0, 0.05) is 69.6 Å². The first-order valence-electron chi connectivity index (χ1n) is 17.8. The maximum atomic E-state index is 2.44. The van der Waals surface area contributed by atoms with Crippen LogP contribution in [0.5, 0.6) is 0 Å². The van der Waals surface area contributed by atoms with E-state index in [1.54, 1.807) is 0 Å². The molecule has 242 valence electrons. The average Bonchev–Trinajstić information content (AvgIpc) is 3.94. The van der Waals surface area contributed by atoms with Gasteiger partial charge in [-0.25, -0.2) is 0 Å². The number of hydrogen-bond acceptors (Lipinski definition) is 1. The largest absolute Gasteiger partial charge is 0.309 e. The highest BCUT2D eigenvalue weighted by molar-refractivity contribution is 7.26. The van der Waals surface area contributed by atoms with Gasteiger partial charge < -0.3 is 13.7 Å². The highest BCUT2D eigenvalue weighted by Gasteiger charge is 2.21. The maximum Gasteiger partial charge on any atom is 0.0548 e. The lowest BCUT2D eigenvalue weighted by Crippen LogP contribution is -1.95. The lowest BCUT2D eigenvalue weighted by molar-refractivity contribution is 1.17. The van der Waals surface area contributed by atoms with Crippen molar-refractivity contribution in [2.45, 2.75) is 0 Å². The smallest absolute Gasteiger partial charge is 0.0548 e. The molecule has 4 heterocycles. The van der Waals surface area contributed by atoms with E-state index in [2.05, 4.69) is 190 Å². The van der Waals surface area contributed by atoms with Gasteiger partial charge in [0.25, 0.3) is 0 Å². The van der Waals surface area contributed by atoms with Crippen molar-refractivity contribution in [2.24, 2.45) is 0 Å². The van der Waals surface area contributed by atoms with Crippen LogP contribution < -0.4 is 0 Å². The predicted octanol–water partition coefficient (Wildman–Crippen LogP) is 13.3. The Balaban J connectivity index is 1.21. The molecule has 0 N–H and O–H groups in total. The SMILES string of the molecule is c1ccc(-n2c3ccc(-n4c5ccccc5c5ccccc54)cc3c3c4c(ccc32)sc2ccc(-n3c5ccccc5c5ccccc53)cc24)cc1. The van der Waals surface area contributed by atoms with Gasteiger partial charge in [0.2, 0.25) is 0 Å². The number of fused-ring (bicyclic) bond motifs is 13. The number of para-hydroxylation sites is 5. The van der Waals surface area contributed by atoms with E-state index in [0.717, 1.165) is 5.69 Å². The molecule has 4 heteroatoms. The van der Waals surface area contributed by atoms with E-state index in [9.17, 15) is 0 Å². The molecule has 52 heavy (non-hydrogen) atoms. The Kier molecular flexibility index (Phi) is 5.65. The Bertz CT molecular complexity index is 3300. The summed E-state index contributed by atoms with van der Waals surface area (Å²) < 4.78 is 9.91. The van der Waals surface area contributed by atoms with Crippen LogP contribution in [0.1, 0.15) is 0 Å². The number of benzene rings is 8. The molecule has 0 unspecified atom stereocenters. The molecule has 3 nitrogen and oxygen atoms in total. The first-order valence-corrected chi connectivity index (χ1v) is 18.6. The molecule has 0 bridgehead atoms.